The second kappa shape index (κ2) is 5.67. The number of aliphatic hydroxyl groups excluding tert-OH is 1. The van der Waals surface area contributed by atoms with Crippen LogP contribution in [0.1, 0.15) is 32.0 Å². The molecular formula is C10H17N3O. The monoisotopic (exact) mass is 195 g/mol. The average Bonchev–Trinajstić information content (AvgIpc) is 2.18. The fourth-order valence-electron chi connectivity index (χ4n) is 1.15. The first-order valence-electron chi connectivity index (χ1n) is 4.87. The number of nitrogens with zero attached hydrogens (tertiary/aromatic N) is 2. The molecule has 0 aromatic carbocycles. The number of aliphatic hydroxyl groups is 1. The Morgan fingerprint density at radius 3 is 2.79 bits per heavy atom. The van der Waals surface area contributed by atoms with E-state index >= 15 is 0 Å². The van der Waals surface area contributed by atoms with E-state index in [-0.39, 0.29) is 12.1 Å². The predicted octanol–water partition coefficient (Wildman–Crippen LogP) is 0.898. The van der Waals surface area contributed by atoms with Crippen LogP contribution in [0.15, 0.2) is 18.6 Å². The zero-order valence-electron chi connectivity index (χ0n) is 8.64. The van der Waals surface area contributed by atoms with Crippen molar-refractivity contribution in [3.8, 4) is 0 Å². The first-order valence-corrected chi connectivity index (χ1v) is 4.87. The summed E-state index contributed by atoms with van der Waals surface area (Å²) >= 11 is 0. The zero-order chi connectivity index (χ0) is 10.4. The molecule has 0 saturated carbocycles. The Morgan fingerprint density at radius 2 is 2.21 bits per heavy atom. The molecular weight excluding hydrogens is 178 g/mol. The van der Waals surface area contributed by atoms with Crippen molar-refractivity contribution in [2.45, 2.75) is 32.4 Å². The highest BCUT2D eigenvalue weighted by molar-refractivity contribution is 5.00. The van der Waals surface area contributed by atoms with Crippen LogP contribution < -0.4 is 5.32 Å². The Balaban J connectivity index is 2.32. The maximum absolute atomic E-state index is 9.07. The summed E-state index contributed by atoms with van der Waals surface area (Å²) in [5.74, 6) is 0. The van der Waals surface area contributed by atoms with E-state index in [9.17, 15) is 0 Å². The van der Waals surface area contributed by atoms with Gasteiger partial charge < -0.3 is 10.4 Å². The molecule has 0 aliphatic heterocycles. The van der Waals surface area contributed by atoms with Gasteiger partial charge >= 0.3 is 0 Å². The quantitative estimate of drug-likeness (QED) is 0.733. The average molecular weight is 195 g/mol. The van der Waals surface area contributed by atoms with Crippen LogP contribution in [0.4, 0.5) is 0 Å². The molecule has 0 bridgehead atoms. The summed E-state index contributed by atoms with van der Waals surface area (Å²) in [5, 5.41) is 12.3. The molecule has 1 aromatic heterocycles. The van der Waals surface area contributed by atoms with Crippen LogP contribution >= 0.6 is 0 Å². The summed E-state index contributed by atoms with van der Waals surface area (Å²) in [7, 11) is 0. The Bertz CT molecular complexity index is 251. The number of nitrogens with one attached hydrogen (secondary N) is 1. The minimum Gasteiger partial charge on any atom is -0.393 e. The van der Waals surface area contributed by atoms with Crippen LogP contribution in [0, 0.1) is 0 Å². The first kappa shape index (κ1) is 11.1. The van der Waals surface area contributed by atoms with E-state index in [0.29, 0.717) is 0 Å². The SMILES string of the molecule is CC(O)CCNC(C)c1cnccn1. The molecule has 0 fully saturated rings. The predicted molar refractivity (Wildman–Crippen MR) is 54.7 cm³/mol. The summed E-state index contributed by atoms with van der Waals surface area (Å²) in [6.45, 7) is 4.61. The van der Waals surface area contributed by atoms with Crippen LogP contribution in [0.3, 0.4) is 0 Å². The van der Waals surface area contributed by atoms with Crippen molar-refractivity contribution in [1.82, 2.24) is 15.3 Å². The highest BCUT2D eigenvalue weighted by Crippen LogP contribution is 2.06. The molecule has 2 N–H and O–H groups in total. The Hall–Kier alpha value is -1.00. The van der Waals surface area contributed by atoms with Gasteiger partial charge in [0.2, 0.25) is 0 Å². The van der Waals surface area contributed by atoms with Gasteiger partial charge in [-0.25, -0.2) is 0 Å². The van der Waals surface area contributed by atoms with Gasteiger partial charge in [-0.2, -0.15) is 0 Å². The van der Waals surface area contributed by atoms with Gasteiger partial charge in [-0.15, -0.1) is 0 Å². The van der Waals surface area contributed by atoms with E-state index in [1.165, 1.54) is 0 Å². The smallest absolute Gasteiger partial charge is 0.0753 e. The molecule has 2 atom stereocenters. The highest BCUT2D eigenvalue weighted by atomic mass is 16.3. The largest absolute Gasteiger partial charge is 0.393 e. The lowest BCUT2D eigenvalue weighted by Crippen LogP contribution is -2.23. The van der Waals surface area contributed by atoms with Gasteiger partial charge in [0.25, 0.3) is 0 Å². The van der Waals surface area contributed by atoms with Crippen molar-refractivity contribution in [1.29, 1.82) is 0 Å². The lowest BCUT2D eigenvalue weighted by atomic mass is 10.2. The maximum Gasteiger partial charge on any atom is 0.0753 e. The van der Waals surface area contributed by atoms with Crippen molar-refractivity contribution in [3.05, 3.63) is 24.3 Å². The minimum absolute atomic E-state index is 0.183. The summed E-state index contributed by atoms with van der Waals surface area (Å²) < 4.78 is 0. The molecule has 78 valence electrons. The van der Waals surface area contributed by atoms with E-state index < -0.39 is 0 Å². The number of aromatic nitrogens is 2. The van der Waals surface area contributed by atoms with Crippen molar-refractivity contribution < 1.29 is 5.11 Å². The molecule has 0 spiro atoms. The Morgan fingerprint density at radius 1 is 1.43 bits per heavy atom. The molecule has 1 aromatic rings. The van der Waals surface area contributed by atoms with E-state index in [4.69, 9.17) is 5.11 Å². The van der Waals surface area contributed by atoms with Gasteiger partial charge in [-0.1, -0.05) is 0 Å². The fraction of sp³-hybridized carbons (Fsp3) is 0.600. The maximum atomic E-state index is 9.07. The fourth-order valence-corrected chi connectivity index (χ4v) is 1.15. The van der Waals surface area contributed by atoms with Gasteiger partial charge in [-0.05, 0) is 26.8 Å². The third-order valence-corrected chi connectivity index (χ3v) is 2.04. The Labute approximate surface area is 84.4 Å². The lowest BCUT2D eigenvalue weighted by Gasteiger charge is -2.13. The zero-order valence-corrected chi connectivity index (χ0v) is 8.64. The topological polar surface area (TPSA) is 58.0 Å². The lowest BCUT2D eigenvalue weighted by molar-refractivity contribution is 0.182. The van der Waals surface area contributed by atoms with E-state index in [1.807, 2.05) is 6.92 Å². The van der Waals surface area contributed by atoms with Crippen molar-refractivity contribution in [3.63, 3.8) is 0 Å². The molecule has 1 heterocycles. The highest BCUT2D eigenvalue weighted by Gasteiger charge is 2.05. The molecule has 2 unspecified atom stereocenters. The van der Waals surface area contributed by atoms with E-state index in [0.717, 1.165) is 18.7 Å². The molecule has 4 nitrogen and oxygen atoms in total. The van der Waals surface area contributed by atoms with Crippen LogP contribution in [0.25, 0.3) is 0 Å². The van der Waals surface area contributed by atoms with E-state index in [2.05, 4.69) is 15.3 Å². The molecule has 0 radical (unpaired) electrons. The van der Waals surface area contributed by atoms with Crippen molar-refractivity contribution >= 4 is 0 Å². The normalized spacial score (nSPS) is 15.1. The van der Waals surface area contributed by atoms with Crippen LogP contribution in [-0.2, 0) is 0 Å². The summed E-state index contributed by atoms with van der Waals surface area (Å²) in [6, 6.07) is 0.183. The summed E-state index contributed by atoms with van der Waals surface area (Å²) in [6.07, 6.45) is 5.59. The van der Waals surface area contributed by atoms with Gasteiger partial charge in [-0.3, -0.25) is 9.97 Å². The number of rotatable bonds is 5. The number of hydrogen-bond acceptors (Lipinski definition) is 4. The summed E-state index contributed by atoms with van der Waals surface area (Å²) in [4.78, 5) is 8.19. The molecule has 1 rings (SSSR count). The molecule has 4 heteroatoms. The molecule has 0 aliphatic carbocycles. The first-order chi connectivity index (χ1) is 6.70. The molecule has 0 saturated heterocycles. The number of hydrogen-bond donors (Lipinski definition) is 2. The third-order valence-electron chi connectivity index (χ3n) is 2.04. The Kier molecular flexibility index (Phi) is 4.49. The van der Waals surface area contributed by atoms with Crippen LogP contribution in [0.2, 0.25) is 0 Å². The second-order valence-corrected chi connectivity index (χ2v) is 3.44. The molecule has 0 aliphatic rings. The molecule has 0 amide bonds. The van der Waals surface area contributed by atoms with E-state index in [1.54, 1.807) is 25.5 Å². The summed E-state index contributed by atoms with van der Waals surface area (Å²) in [5.41, 5.74) is 0.929. The molecule has 14 heavy (non-hydrogen) atoms. The van der Waals surface area contributed by atoms with Gasteiger partial charge in [0.15, 0.2) is 0 Å². The standard InChI is InChI=1S/C10H17N3O/c1-8(14)3-4-12-9(2)10-7-11-5-6-13-10/h5-9,12,14H,3-4H2,1-2H3. The minimum atomic E-state index is -0.253. The second-order valence-electron chi connectivity index (χ2n) is 3.44. The van der Waals surface area contributed by atoms with Gasteiger partial charge in [0.05, 0.1) is 11.8 Å². The third kappa shape index (κ3) is 3.81. The van der Waals surface area contributed by atoms with Crippen molar-refractivity contribution in [2.24, 2.45) is 0 Å². The van der Waals surface area contributed by atoms with Crippen LogP contribution in [-0.4, -0.2) is 27.7 Å². The van der Waals surface area contributed by atoms with Gasteiger partial charge in [0, 0.05) is 24.6 Å². The van der Waals surface area contributed by atoms with Gasteiger partial charge in [0.1, 0.15) is 0 Å². The van der Waals surface area contributed by atoms with Crippen molar-refractivity contribution in [2.75, 3.05) is 6.54 Å². The van der Waals surface area contributed by atoms with Crippen LogP contribution in [0.5, 0.6) is 0 Å².